The minimum atomic E-state index is -0.268. The number of aromatic nitrogens is 3. The summed E-state index contributed by atoms with van der Waals surface area (Å²) in [5.41, 5.74) is 1.33. The highest BCUT2D eigenvalue weighted by atomic mass is 35.5. The minimum absolute atomic E-state index is 0.268. The molecule has 1 aliphatic rings. The Morgan fingerprint density at radius 1 is 1.32 bits per heavy atom. The quantitative estimate of drug-likeness (QED) is 0.775. The predicted octanol–water partition coefficient (Wildman–Crippen LogP) is 3.64. The average molecular weight is 359 g/mol. The summed E-state index contributed by atoms with van der Waals surface area (Å²) in [7, 11) is 0. The van der Waals surface area contributed by atoms with Crippen LogP contribution in [0.4, 0.5) is 0 Å². The van der Waals surface area contributed by atoms with E-state index in [0.29, 0.717) is 22.9 Å². The van der Waals surface area contributed by atoms with E-state index in [1.54, 1.807) is 6.07 Å². The van der Waals surface area contributed by atoms with Gasteiger partial charge < -0.3 is 14.3 Å². The van der Waals surface area contributed by atoms with Crippen LogP contribution in [-0.4, -0.2) is 20.7 Å². The molecule has 2 aromatic heterocycles. The fourth-order valence-electron chi connectivity index (χ4n) is 3.34. The first kappa shape index (κ1) is 16.1. The molecule has 1 amide bonds. The molecule has 0 saturated heterocycles. The van der Waals surface area contributed by atoms with Gasteiger partial charge in [-0.05, 0) is 25.8 Å². The molecule has 6 nitrogen and oxygen atoms in total. The molecule has 0 atom stereocenters. The molecule has 0 saturated carbocycles. The Bertz CT molecular complexity index is 944. The highest BCUT2D eigenvalue weighted by Crippen LogP contribution is 2.30. The van der Waals surface area contributed by atoms with Gasteiger partial charge >= 0.3 is 0 Å². The number of carbonyl (C=O) groups is 1. The van der Waals surface area contributed by atoms with E-state index in [1.807, 2.05) is 19.1 Å². The van der Waals surface area contributed by atoms with Crippen LogP contribution >= 0.6 is 11.6 Å². The maximum absolute atomic E-state index is 12.6. The number of fused-ring (bicyclic) bond motifs is 2. The summed E-state index contributed by atoms with van der Waals surface area (Å²) in [6.45, 7) is 3.10. The second-order valence-corrected chi connectivity index (χ2v) is 6.76. The summed E-state index contributed by atoms with van der Waals surface area (Å²) in [6.07, 6.45) is 4.41. The van der Waals surface area contributed by atoms with Crippen molar-refractivity contribution in [3.05, 3.63) is 46.2 Å². The molecule has 1 N–H and O–H groups in total. The van der Waals surface area contributed by atoms with Gasteiger partial charge in [-0.2, -0.15) is 0 Å². The van der Waals surface area contributed by atoms with E-state index in [4.69, 9.17) is 16.0 Å². The number of furan rings is 1. The number of nitrogens with zero attached hydrogens (tertiary/aromatic N) is 3. The largest absolute Gasteiger partial charge is 0.449 e. The maximum Gasteiger partial charge on any atom is 0.287 e. The van der Waals surface area contributed by atoms with Crippen molar-refractivity contribution in [2.45, 2.75) is 45.7 Å². The molecule has 0 bridgehead atoms. The number of carbonyl (C=O) groups excluding carboxylic acids is 1. The standard InChI is InChI=1S/C18H19ClN4O2/c1-11-12-6-5-7-13(19)17(12)25-16(11)18(24)20-10-15-22-21-14-8-3-2-4-9-23(14)15/h5-7H,2-4,8-10H2,1H3,(H,20,24). The maximum atomic E-state index is 12.6. The van der Waals surface area contributed by atoms with E-state index in [2.05, 4.69) is 20.1 Å². The van der Waals surface area contributed by atoms with E-state index < -0.39 is 0 Å². The molecule has 0 unspecified atom stereocenters. The van der Waals surface area contributed by atoms with Gasteiger partial charge in [0.15, 0.2) is 17.2 Å². The molecule has 25 heavy (non-hydrogen) atoms. The van der Waals surface area contributed by atoms with Crippen molar-refractivity contribution in [1.29, 1.82) is 0 Å². The molecular weight excluding hydrogens is 340 g/mol. The van der Waals surface area contributed by atoms with Crippen molar-refractivity contribution < 1.29 is 9.21 Å². The number of halogens is 1. The van der Waals surface area contributed by atoms with Crippen molar-refractivity contribution in [1.82, 2.24) is 20.1 Å². The molecular formula is C18H19ClN4O2. The molecule has 3 aromatic rings. The van der Waals surface area contributed by atoms with Gasteiger partial charge in [0.25, 0.3) is 5.91 Å². The van der Waals surface area contributed by atoms with Crippen LogP contribution in [0.5, 0.6) is 0 Å². The monoisotopic (exact) mass is 358 g/mol. The van der Waals surface area contributed by atoms with Crippen LogP contribution in [0.15, 0.2) is 22.6 Å². The zero-order valence-corrected chi connectivity index (χ0v) is 14.8. The third-order valence-electron chi connectivity index (χ3n) is 4.72. The summed E-state index contributed by atoms with van der Waals surface area (Å²) in [4.78, 5) is 12.6. The Morgan fingerprint density at radius 2 is 2.20 bits per heavy atom. The zero-order chi connectivity index (χ0) is 17.4. The highest BCUT2D eigenvalue weighted by Gasteiger charge is 2.20. The number of para-hydroxylation sites is 1. The molecule has 0 radical (unpaired) electrons. The van der Waals surface area contributed by atoms with Crippen LogP contribution in [-0.2, 0) is 19.5 Å². The van der Waals surface area contributed by atoms with Crippen LogP contribution < -0.4 is 5.32 Å². The van der Waals surface area contributed by atoms with Gasteiger partial charge in [0, 0.05) is 23.9 Å². The first-order chi connectivity index (χ1) is 12.1. The Balaban J connectivity index is 1.54. The summed E-state index contributed by atoms with van der Waals surface area (Å²) in [5.74, 6) is 1.82. The number of hydrogen-bond donors (Lipinski definition) is 1. The van der Waals surface area contributed by atoms with Gasteiger partial charge in [-0.3, -0.25) is 4.79 Å². The van der Waals surface area contributed by atoms with Gasteiger partial charge in [-0.1, -0.05) is 30.2 Å². The number of aryl methyl sites for hydroxylation is 2. The van der Waals surface area contributed by atoms with Crippen molar-refractivity contribution in [2.75, 3.05) is 0 Å². The molecule has 0 fully saturated rings. The molecule has 4 rings (SSSR count). The molecule has 7 heteroatoms. The van der Waals surface area contributed by atoms with Gasteiger partial charge in [-0.25, -0.2) is 0 Å². The normalized spacial score (nSPS) is 14.3. The Hall–Kier alpha value is -2.34. The van der Waals surface area contributed by atoms with Crippen LogP contribution in [0.2, 0.25) is 5.02 Å². The third-order valence-corrected chi connectivity index (χ3v) is 5.01. The lowest BCUT2D eigenvalue weighted by atomic mass is 10.1. The summed E-state index contributed by atoms with van der Waals surface area (Å²) < 4.78 is 7.83. The topological polar surface area (TPSA) is 73.0 Å². The number of nitrogens with one attached hydrogen (secondary N) is 1. The van der Waals surface area contributed by atoms with Crippen molar-refractivity contribution in [2.24, 2.45) is 0 Å². The van der Waals surface area contributed by atoms with Crippen LogP contribution in [0.1, 0.15) is 47.0 Å². The number of hydrogen-bond acceptors (Lipinski definition) is 4. The van der Waals surface area contributed by atoms with Crippen LogP contribution in [0.25, 0.3) is 11.0 Å². The molecule has 0 aliphatic carbocycles. The van der Waals surface area contributed by atoms with Crippen LogP contribution in [0.3, 0.4) is 0 Å². The number of amides is 1. The molecule has 1 aliphatic heterocycles. The lowest BCUT2D eigenvalue weighted by molar-refractivity contribution is 0.0923. The van der Waals surface area contributed by atoms with Crippen molar-refractivity contribution in [3.8, 4) is 0 Å². The van der Waals surface area contributed by atoms with Gasteiger partial charge in [0.05, 0.1) is 11.6 Å². The highest BCUT2D eigenvalue weighted by molar-refractivity contribution is 6.35. The molecule has 1 aromatic carbocycles. The molecule has 0 spiro atoms. The Labute approximate surface area is 150 Å². The van der Waals surface area contributed by atoms with E-state index in [0.717, 1.165) is 48.4 Å². The summed E-state index contributed by atoms with van der Waals surface area (Å²) in [6, 6.07) is 5.50. The average Bonchev–Trinajstić information content (AvgIpc) is 3.06. The van der Waals surface area contributed by atoms with E-state index in [-0.39, 0.29) is 5.91 Å². The van der Waals surface area contributed by atoms with Crippen LogP contribution in [0, 0.1) is 6.92 Å². The van der Waals surface area contributed by atoms with E-state index >= 15 is 0 Å². The fraction of sp³-hybridized carbons (Fsp3) is 0.389. The summed E-state index contributed by atoms with van der Waals surface area (Å²) in [5, 5.41) is 12.7. The Morgan fingerprint density at radius 3 is 3.04 bits per heavy atom. The summed E-state index contributed by atoms with van der Waals surface area (Å²) >= 11 is 6.15. The van der Waals surface area contributed by atoms with Gasteiger partial charge in [0.2, 0.25) is 0 Å². The van der Waals surface area contributed by atoms with E-state index in [9.17, 15) is 4.79 Å². The fourth-order valence-corrected chi connectivity index (χ4v) is 3.55. The third kappa shape index (κ3) is 2.91. The molecule has 130 valence electrons. The Kier molecular flexibility index (Phi) is 4.21. The predicted molar refractivity (Wildman–Crippen MR) is 94.7 cm³/mol. The molecule has 3 heterocycles. The second-order valence-electron chi connectivity index (χ2n) is 6.35. The second kappa shape index (κ2) is 6.52. The first-order valence-electron chi connectivity index (χ1n) is 8.52. The van der Waals surface area contributed by atoms with Crippen molar-refractivity contribution >= 4 is 28.5 Å². The van der Waals surface area contributed by atoms with Crippen molar-refractivity contribution in [3.63, 3.8) is 0 Å². The first-order valence-corrected chi connectivity index (χ1v) is 8.89. The lowest BCUT2D eigenvalue weighted by Gasteiger charge is -2.07. The lowest BCUT2D eigenvalue weighted by Crippen LogP contribution is -2.25. The van der Waals surface area contributed by atoms with Gasteiger partial charge in [-0.15, -0.1) is 10.2 Å². The number of benzene rings is 1. The SMILES string of the molecule is Cc1c(C(=O)NCc2nnc3n2CCCCC3)oc2c(Cl)cccc12. The van der Waals surface area contributed by atoms with E-state index in [1.165, 1.54) is 6.42 Å². The number of rotatable bonds is 3. The minimum Gasteiger partial charge on any atom is -0.449 e. The smallest absolute Gasteiger partial charge is 0.287 e. The zero-order valence-electron chi connectivity index (χ0n) is 14.0. The van der Waals surface area contributed by atoms with Gasteiger partial charge in [0.1, 0.15) is 5.82 Å².